The highest BCUT2D eigenvalue weighted by atomic mass is 32.1. The molecule has 6 heteroatoms. The Morgan fingerprint density at radius 3 is 3.15 bits per heavy atom. The predicted molar refractivity (Wildman–Crippen MR) is 79.5 cm³/mol. The highest BCUT2D eigenvalue weighted by Gasteiger charge is 2.12. The van der Waals surface area contributed by atoms with Crippen molar-refractivity contribution in [2.24, 2.45) is 0 Å². The zero-order valence-corrected chi connectivity index (χ0v) is 12.4. The van der Waals surface area contributed by atoms with Gasteiger partial charge in [-0.3, -0.25) is 4.79 Å². The summed E-state index contributed by atoms with van der Waals surface area (Å²) >= 11 is 3.17. The van der Waals surface area contributed by atoms with E-state index in [2.05, 4.69) is 4.74 Å². The van der Waals surface area contributed by atoms with Crippen molar-refractivity contribution in [3.05, 3.63) is 29.2 Å². The van der Waals surface area contributed by atoms with Gasteiger partial charge in [0.25, 0.3) is 0 Å². The molecule has 0 spiro atoms. The summed E-state index contributed by atoms with van der Waals surface area (Å²) in [7, 11) is 1.37. The number of rotatable bonds is 5. The summed E-state index contributed by atoms with van der Waals surface area (Å²) in [4.78, 5) is 11.0. The van der Waals surface area contributed by atoms with Gasteiger partial charge in [0.2, 0.25) is 0 Å². The molecule has 3 heterocycles. The fourth-order valence-corrected chi connectivity index (χ4v) is 3.47. The van der Waals surface area contributed by atoms with Crippen LogP contribution in [0.5, 0.6) is 5.06 Å². The molecule has 104 valence electrons. The first-order chi connectivity index (χ1) is 9.78. The molecule has 0 bridgehead atoms. The second-order valence-electron chi connectivity index (χ2n) is 4.09. The van der Waals surface area contributed by atoms with E-state index in [9.17, 15) is 4.79 Å². The van der Waals surface area contributed by atoms with Crippen LogP contribution < -0.4 is 4.74 Å². The maximum atomic E-state index is 11.0. The molecule has 0 aromatic carbocycles. The fraction of sp³-hybridized carbons (Fsp3) is 0.214. The molecule has 4 nitrogen and oxygen atoms in total. The van der Waals surface area contributed by atoms with E-state index in [4.69, 9.17) is 9.15 Å². The third-order valence-electron chi connectivity index (χ3n) is 2.84. The lowest BCUT2D eigenvalue weighted by Gasteiger charge is -2.01. The summed E-state index contributed by atoms with van der Waals surface area (Å²) in [6.07, 6.45) is 2.02. The number of furan rings is 1. The molecule has 0 saturated heterocycles. The molecule has 3 rings (SSSR count). The van der Waals surface area contributed by atoms with Gasteiger partial charge >= 0.3 is 5.97 Å². The van der Waals surface area contributed by atoms with Crippen LogP contribution in [0.1, 0.15) is 6.42 Å². The number of esters is 1. The van der Waals surface area contributed by atoms with Crippen LogP contribution in [0.4, 0.5) is 0 Å². The van der Waals surface area contributed by atoms with Gasteiger partial charge < -0.3 is 13.9 Å². The van der Waals surface area contributed by atoms with Gasteiger partial charge in [0.1, 0.15) is 11.8 Å². The van der Waals surface area contributed by atoms with E-state index in [0.29, 0.717) is 6.61 Å². The van der Waals surface area contributed by atoms with Gasteiger partial charge in [-0.15, -0.1) is 22.7 Å². The number of ether oxygens (including phenoxy) is 2. The van der Waals surface area contributed by atoms with Gasteiger partial charge in [-0.05, 0) is 17.5 Å². The zero-order chi connectivity index (χ0) is 13.9. The van der Waals surface area contributed by atoms with Gasteiger partial charge in [0, 0.05) is 16.5 Å². The van der Waals surface area contributed by atoms with Crippen molar-refractivity contribution in [1.29, 1.82) is 0 Å². The molecule has 0 aliphatic heterocycles. The number of carbonyl (C=O) groups excluding carboxylic acids is 1. The third kappa shape index (κ3) is 2.57. The van der Waals surface area contributed by atoms with E-state index in [1.807, 2.05) is 22.9 Å². The third-order valence-corrected chi connectivity index (χ3v) is 4.61. The van der Waals surface area contributed by atoms with E-state index in [-0.39, 0.29) is 12.4 Å². The highest BCUT2D eigenvalue weighted by Crippen LogP contribution is 2.38. The standard InChI is InChI=1S/C14H12O4S2/c1-16-12(15)2-4-17-13-6-9(8-20-13)10-7-18-11-3-5-19-14(10)11/h3,5-8H,2,4H2,1H3. The normalized spacial score (nSPS) is 10.8. The maximum Gasteiger partial charge on any atom is 0.308 e. The average Bonchev–Trinajstić information content (AvgIpc) is 3.13. The van der Waals surface area contributed by atoms with Gasteiger partial charge in [-0.1, -0.05) is 0 Å². The van der Waals surface area contributed by atoms with Crippen LogP contribution in [0.3, 0.4) is 0 Å². The van der Waals surface area contributed by atoms with E-state index >= 15 is 0 Å². The number of hydrogen-bond acceptors (Lipinski definition) is 6. The molecule has 0 saturated carbocycles. The first kappa shape index (κ1) is 13.2. The van der Waals surface area contributed by atoms with E-state index in [1.165, 1.54) is 18.4 Å². The second kappa shape index (κ2) is 5.68. The molecule has 0 radical (unpaired) electrons. The van der Waals surface area contributed by atoms with Gasteiger partial charge in [0.05, 0.1) is 24.8 Å². The Morgan fingerprint density at radius 2 is 2.30 bits per heavy atom. The average molecular weight is 308 g/mol. The Hall–Kier alpha value is -1.79. The first-order valence-electron chi connectivity index (χ1n) is 6.01. The van der Waals surface area contributed by atoms with Crippen LogP contribution in [-0.2, 0) is 9.53 Å². The molecule has 20 heavy (non-hydrogen) atoms. The minimum absolute atomic E-state index is 0.255. The van der Waals surface area contributed by atoms with Crippen molar-refractivity contribution in [1.82, 2.24) is 0 Å². The van der Waals surface area contributed by atoms with Crippen molar-refractivity contribution >= 4 is 38.9 Å². The summed E-state index contributed by atoms with van der Waals surface area (Å²) in [6.45, 7) is 0.326. The van der Waals surface area contributed by atoms with Crippen molar-refractivity contribution in [2.75, 3.05) is 13.7 Å². The topological polar surface area (TPSA) is 48.7 Å². The number of methoxy groups -OCH3 is 1. The van der Waals surface area contributed by atoms with Crippen LogP contribution in [0.25, 0.3) is 21.4 Å². The number of fused-ring (bicyclic) bond motifs is 1. The fourth-order valence-electron chi connectivity index (χ4n) is 1.83. The molecule has 0 aliphatic rings. The SMILES string of the molecule is COC(=O)CCOc1cc(-c2coc3ccsc23)cs1. The lowest BCUT2D eigenvalue weighted by Crippen LogP contribution is -2.06. The maximum absolute atomic E-state index is 11.0. The predicted octanol–water partition coefficient (Wildman–Crippen LogP) is 4.16. The van der Waals surface area contributed by atoms with Crippen LogP contribution >= 0.6 is 22.7 Å². The number of thiophene rings is 2. The molecule has 0 amide bonds. The Bertz CT molecular complexity index is 722. The summed E-state index contributed by atoms with van der Waals surface area (Å²) in [5.41, 5.74) is 3.06. The molecular formula is C14H12O4S2. The van der Waals surface area contributed by atoms with Crippen molar-refractivity contribution < 1.29 is 18.7 Å². The minimum Gasteiger partial charge on any atom is -0.483 e. The summed E-state index contributed by atoms with van der Waals surface area (Å²) in [5.74, 6) is -0.267. The lowest BCUT2D eigenvalue weighted by molar-refractivity contribution is -0.141. The van der Waals surface area contributed by atoms with Crippen LogP contribution in [0.2, 0.25) is 0 Å². The Kier molecular flexibility index (Phi) is 3.75. The Morgan fingerprint density at radius 1 is 1.40 bits per heavy atom. The van der Waals surface area contributed by atoms with Gasteiger partial charge in [-0.2, -0.15) is 0 Å². The molecule has 0 N–H and O–H groups in total. The number of carbonyl (C=O) groups is 1. The van der Waals surface area contributed by atoms with Crippen LogP contribution in [-0.4, -0.2) is 19.7 Å². The summed E-state index contributed by atoms with van der Waals surface area (Å²) < 4.78 is 16.7. The summed E-state index contributed by atoms with van der Waals surface area (Å²) in [5, 5.41) is 4.82. The lowest BCUT2D eigenvalue weighted by atomic mass is 10.2. The Labute approximate surface area is 123 Å². The molecule has 3 aromatic heterocycles. The quantitative estimate of drug-likeness (QED) is 0.664. The molecule has 0 fully saturated rings. The highest BCUT2D eigenvalue weighted by molar-refractivity contribution is 7.17. The molecule has 0 unspecified atom stereocenters. The largest absolute Gasteiger partial charge is 0.483 e. The number of hydrogen-bond donors (Lipinski definition) is 0. The molecule has 0 atom stereocenters. The molecule has 3 aromatic rings. The van der Waals surface area contributed by atoms with E-state index in [0.717, 1.165) is 26.5 Å². The zero-order valence-electron chi connectivity index (χ0n) is 10.8. The van der Waals surface area contributed by atoms with E-state index in [1.54, 1.807) is 17.6 Å². The Balaban J connectivity index is 1.71. The van der Waals surface area contributed by atoms with Crippen LogP contribution in [0.15, 0.2) is 33.6 Å². The smallest absolute Gasteiger partial charge is 0.308 e. The first-order valence-corrected chi connectivity index (χ1v) is 7.77. The van der Waals surface area contributed by atoms with Crippen LogP contribution in [0, 0.1) is 0 Å². The molecule has 0 aliphatic carbocycles. The van der Waals surface area contributed by atoms with Crippen molar-refractivity contribution in [3.8, 4) is 16.2 Å². The van der Waals surface area contributed by atoms with E-state index < -0.39 is 0 Å². The van der Waals surface area contributed by atoms with Gasteiger partial charge in [-0.25, -0.2) is 0 Å². The summed E-state index contributed by atoms with van der Waals surface area (Å²) in [6, 6.07) is 3.93. The van der Waals surface area contributed by atoms with Crippen molar-refractivity contribution in [3.63, 3.8) is 0 Å². The minimum atomic E-state index is -0.267. The van der Waals surface area contributed by atoms with Crippen molar-refractivity contribution in [2.45, 2.75) is 6.42 Å². The second-order valence-corrected chi connectivity index (χ2v) is 5.88. The monoisotopic (exact) mass is 308 g/mol. The molecular weight excluding hydrogens is 296 g/mol. The van der Waals surface area contributed by atoms with Gasteiger partial charge in [0.15, 0.2) is 5.06 Å².